The van der Waals surface area contributed by atoms with Gasteiger partial charge in [0, 0.05) is 45.2 Å². The molecule has 0 amide bonds. The summed E-state index contributed by atoms with van der Waals surface area (Å²) in [4.78, 5) is 4.51. The number of rotatable bonds is 6. The summed E-state index contributed by atoms with van der Waals surface area (Å²) in [5, 5.41) is 4.77. The van der Waals surface area contributed by atoms with Crippen LogP contribution in [0.3, 0.4) is 0 Å². The molecule has 1 aromatic carbocycles. The third-order valence-electron chi connectivity index (χ3n) is 5.67. The highest BCUT2D eigenvalue weighted by atomic mass is 32.1. The molecule has 4 rings (SSSR count). The van der Waals surface area contributed by atoms with Crippen molar-refractivity contribution in [1.29, 1.82) is 0 Å². The first-order valence-corrected chi connectivity index (χ1v) is 10.5. The fourth-order valence-electron chi connectivity index (χ4n) is 3.87. The first-order chi connectivity index (χ1) is 13.8. The Balaban J connectivity index is 1.34. The topological polar surface area (TPSA) is 29.2 Å². The van der Waals surface area contributed by atoms with Crippen LogP contribution in [0, 0.1) is 4.77 Å². The molecule has 9 heteroatoms. The van der Waals surface area contributed by atoms with Gasteiger partial charge in [-0.2, -0.15) is 18.3 Å². The Bertz CT molecular complexity index is 908. The highest BCUT2D eigenvalue weighted by Gasteiger charge is 2.31. The Kier molecular flexibility index (Phi) is 5.81. The normalized spacial score (nSPS) is 19.0. The third-order valence-corrected chi connectivity index (χ3v) is 6.10. The zero-order valence-electron chi connectivity index (χ0n) is 16.5. The lowest BCUT2D eigenvalue weighted by Gasteiger charge is -2.34. The predicted molar refractivity (Wildman–Crippen MR) is 107 cm³/mol. The molecule has 1 aromatic heterocycles. The van der Waals surface area contributed by atoms with E-state index in [-0.39, 0.29) is 0 Å². The Hall–Kier alpha value is -1.71. The Morgan fingerprint density at radius 1 is 1.10 bits per heavy atom. The van der Waals surface area contributed by atoms with E-state index >= 15 is 0 Å². The number of piperazine rings is 1. The maximum Gasteiger partial charge on any atom is 0.416 e. The van der Waals surface area contributed by atoms with E-state index in [1.165, 1.54) is 25.0 Å². The molecule has 1 aliphatic heterocycles. The molecule has 0 spiro atoms. The lowest BCUT2D eigenvalue weighted by Crippen LogP contribution is -2.46. The number of halogens is 3. The highest BCUT2D eigenvalue weighted by Crippen LogP contribution is 2.39. The van der Waals surface area contributed by atoms with Crippen molar-refractivity contribution in [3.8, 4) is 0 Å². The molecule has 29 heavy (non-hydrogen) atoms. The second-order valence-electron chi connectivity index (χ2n) is 7.89. The van der Waals surface area contributed by atoms with Gasteiger partial charge in [0.15, 0.2) is 4.77 Å². The largest absolute Gasteiger partial charge is 0.416 e. The van der Waals surface area contributed by atoms with Crippen molar-refractivity contribution in [2.24, 2.45) is 0 Å². The minimum atomic E-state index is -4.30. The zero-order valence-corrected chi connectivity index (χ0v) is 17.3. The van der Waals surface area contributed by atoms with E-state index in [2.05, 4.69) is 21.3 Å². The SMILES string of the molecule is CCn1c(C2CC2)nn(CN2CCN(Cc3cccc(C(F)(F)F)c3)CC2)c1=S. The lowest BCUT2D eigenvalue weighted by molar-refractivity contribution is -0.137. The standard InChI is InChI=1S/C20H26F3N5S/c1-2-27-18(16-6-7-16)24-28(19(27)29)14-26-10-8-25(9-11-26)13-15-4-3-5-17(12-15)20(21,22)23/h3-5,12,16H,2,6-11,13-14H2,1H3. The quantitative estimate of drug-likeness (QED) is 0.652. The van der Waals surface area contributed by atoms with Gasteiger partial charge < -0.3 is 4.57 Å². The van der Waals surface area contributed by atoms with E-state index in [0.29, 0.717) is 24.7 Å². The van der Waals surface area contributed by atoms with E-state index < -0.39 is 11.7 Å². The fraction of sp³-hybridized carbons (Fsp3) is 0.600. The zero-order chi connectivity index (χ0) is 20.6. The molecule has 5 nitrogen and oxygen atoms in total. The summed E-state index contributed by atoms with van der Waals surface area (Å²) in [6, 6.07) is 5.62. The predicted octanol–water partition coefficient (Wildman–Crippen LogP) is 4.11. The van der Waals surface area contributed by atoms with Crippen molar-refractivity contribution < 1.29 is 13.2 Å². The van der Waals surface area contributed by atoms with Crippen LogP contribution in [0.5, 0.6) is 0 Å². The van der Waals surface area contributed by atoms with Gasteiger partial charge in [-0.05, 0) is 43.6 Å². The van der Waals surface area contributed by atoms with Crippen LogP contribution in [-0.4, -0.2) is 50.3 Å². The van der Waals surface area contributed by atoms with E-state index in [0.717, 1.165) is 49.4 Å². The van der Waals surface area contributed by atoms with E-state index in [9.17, 15) is 13.2 Å². The molecule has 0 atom stereocenters. The molecule has 0 unspecified atom stereocenters. The van der Waals surface area contributed by atoms with Crippen LogP contribution >= 0.6 is 12.2 Å². The van der Waals surface area contributed by atoms with Gasteiger partial charge in [-0.1, -0.05) is 18.2 Å². The molecule has 2 aromatic rings. The molecule has 0 bridgehead atoms. The van der Waals surface area contributed by atoms with E-state index in [4.69, 9.17) is 17.3 Å². The molecule has 1 saturated heterocycles. The molecule has 2 aliphatic rings. The van der Waals surface area contributed by atoms with Gasteiger partial charge >= 0.3 is 6.18 Å². The van der Waals surface area contributed by atoms with Crippen molar-refractivity contribution >= 4 is 12.2 Å². The number of nitrogens with zero attached hydrogens (tertiary/aromatic N) is 5. The Morgan fingerprint density at radius 3 is 2.41 bits per heavy atom. The number of hydrogen-bond donors (Lipinski definition) is 0. The van der Waals surface area contributed by atoms with Crippen LogP contribution < -0.4 is 0 Å². The smallest absolute Gasteiger partial charge is 0.304 e. The van der Waals surface area contributed by atoms with Crippen molar-refractivity contribution in [3.63, 3.8) is 0 Å². The van der Waals surface area contributed by atoms with Gasteiger partial charge in [-0.3, -0.25) is 9.80 Å². The van der Waals surface area contributed by atoms with Crippen LogP contribution in [0.2, 0.25) is 0 Å². The molecule has 158 valence electrons. The molecule has 1 aliphatic carbocycles. The second kappa shape index (κ2) is 8.20. The molecule has 1 saturated carbocycles. The van der Waals surface area contributed by atoms with Crippen LogP contribution in [-0.2, 0) is 25.9 Å². The minimum Gasteiger partial charge on any atom is -0.304 e. The van der Waals surface area contributed by atoms with Crippen molar-refractivity contribution in [2.45, 2.75) is 51.6 Å². The van der Waals surface area contributed by atoms with E-state index in [1.807, 2.05) is 4.68 Å². The highest BCUT2D eigenvalue weighted by molar-refractivity contribution is 7.71. The summed E-state index contributed by atoms with van der Waals surface area (Å²) in [6.07, 6.45) is -1.91. The maximum absolute atomic E-state index is 12.9. The van der Waals surface area contributed by atoms with Crippen LogP contribution in [0.4, 0.5) is 13.2 Å². The summed E-state index contributed by atoms with van der Waals surface area (Å²) >= 11 is 5.61. The maximum atomic E-state index is 12.9. The average Bonchev–Trinajstić information content (AvgIpc) is 3.48. The molecule has 2 heterocycles. The number of alkyl halides is 3. The van der Waals surface area contributed by atoms with Gasteiger partial charge in [0.2, 0.25) is 0 Å². The molecular weight excluding hydrogens is 399 g/mol. The first kappa shape index (κ1) is 20.6. The first-order valence-electron chi connectivity index (χ1n) is 10.1. The van der Waals surface area contributed by atoms with Gasteiger partial charge in [-0.25, -0.2) is 4.68 Å². The fourth-order valence-corrected chi connectivity index (χ4v) is 4.19. The third kappa shape index (κ3) is 4.73. The summed E-state index contributed by atoms with van der Waals surface area (Å²) in [6.45, 7) is 7.46. The van der Waals surface area contributed by atoms with Gasteiger partial charge in [-0.15, -0.1) is 0 Å². The lowest BCUT2D eigenvalue weighted by atomic mass is 10.1. The molecule has 2 fully saturated rings. The molecule has 0 radical (unpaired) electrons. The van der Waals surface area contributed by atoms with Gasteiger partial charge in [0.25, 0.3) is 0 Å². The minimum absolute atomic E-state index is 0.535. The van der Waals surface area contributed by atoms with Gasteiger partial charge in [0.05, 0.1) is 12.2 Å². The molecule has 0 N–H and O–H groups in total. The summed E-state index contributed by atoms with van der Waals surface area (Å²) in [5.74, 6) is 1.67. The Labute approximate surface area is 173 Å². The Morgan fingerprint density at radius 2 is 1.79 bits per heavy atom. The number of benzene rings is 1. The number of aromatic nitrogens is 3. The van der Waals surface area contributed by atoms with Crippen molar-refractivity contribution in [2.75, 3.05) is 26.2 Å². The number of hydrogen-bond acceptors (Lipinski definition) is 4. The second-order valence-corrected chi connectivity index (χ2v) is 8.26. The summed E-state index contributed by atoms with van der Waals surface area (Å²) in [5.41, 5.74) is 0.118. The summed E-state index contributed by atoms with van der Waals surface area (Å²) in [7, 11) is 0. The average molecular weight is 426 g/mol. The van der Waals surface area contributed by atoms with Gasteiger partial charge in [0.1, 0.15) is 5.82 Å². The van der Waals surface area contributed by atoms with Crippen LogP contribution in [0.1, 0.15) is 42.6 Å². The van der Waals surface area contributed by atoms with Crippen molar-refractivity contribution in [3.05, 3.63) is 46.0 Å². The van der Waals surface area contributed by atoms with Crippen LogP contribution in [0.25, 0.3) is 0 Å². The van der Waals surface area contributed by atoms with Crippen LogP contribution in [0.15, 0.2) is 24.3 Å². The van der Waals surface area contributed by atoms with E-state index in [1.54, 1.807) is 6.07 Å². The summed E-state index contributed by atoms with van der Waals surface area (Å²) < 4.78 is 43.6. The van der Waals surface area contributed by atoms with Crippen molar-refractivity contribution in [1.82, 2.24) is 24.1 Å². The monoisotopic (exact) mass is 425 g/mol. The molecular formula is C20H26F3N5S.